The van der Waals surface area contributed by atoms with E-state index in [-0.39, 0.29) is 0 Å². The zero-order valence-corrected chi connectivity index (χ0v) is 35.0. The Morgan fingerprint density at radius 1 is 0.339 bits per heavy atom. The average molecular weight is 826 g/mol. The Morgan fingerprint density at radius 3 is 1.45 bits per heavy atom. The highest BCUT2D eigenvalue weighted by Gasteiger charge is 2.22. The fourth-order valence-corrected chi connectivity index (χ4v) is 12.1. The summed E-state index contributed by atoms with van der Waals surface area (Å²) in [4.78, 5) is 2.42. The van der Waals surface area contributed by atoms with Crippen molar-refractivity contribution in [2.24, 2.45) is 0 Å². The molecule has 0 fully saturated rings. The number of rotatable bonds is 6. The highest BCUT2D eigenvalue weighted by Crippen LogP contribution is 2.47. The first-order chi connectivity index (χ1) is 30.7. The normalized spacial score (nSPS) is 11.9. The van der Waals surface area contributed by atoms with E-state index < -0.39 is 0 Å². The summed E-state index contributed by atoms with van der Waals surface area (Å²) >= 11 is 3.75. The van der Waals surface area contributed by atoms with Crippen LogP contribution in [0.15, 0.2) is 217 Å². The van der Waals surface area contributed by atoms with E-state index in [9.17, 15) is 0 Å². The molecule has 3 aromatic heterocycles. The third-order valence-corrected chi connectivity index (χ3v) is 14.9. The van der Waals surface area contributed by atoms with Crippen molar-refractivity contribution in [3.8, 4) is 33.4 Å². The smallest absolute Gasteiger partial charge is 0.136 e. The number of thiophene rings is 2. The minimum Gasteiger partial charge on any atom is -0.456 e. The van der Waals surface area contributed by atoms with E-state index in [0.29, 0.717) is 0 Å². The maximum Gasteiger partial charge on any atom is 0.136 e. The zero-order valence-electron chi connectivity index (χ0n) is 33.4. The first-order valence-corrected chi connectivity index (χ1v) is 22.6. The maximum atomic E-state index is 6.59. The molecule has 0 saturated heterocycles. The predicted molar refractivity (Wildman–Crippen MR) is 268 cm³/mol. The third-order valence-electron chi connectivity index (χ3n) is 12.5. The fourth-order valence-electron chi connectivity index (χ4n) is 9.59. The Morgan fingerprint density at radius 2 is 0.823 bits per heavy atom. The van der Waals surface area contributed by atoms with Crippen molar-refractivity contribution < 1.29 is 4.42 Å². The molecule has 13 rings (SSSR count). The number of para-hydroxylation sites is 1. The summed E-state index contributed by atoms with van der Waals surface area (Å²) in [7, 11) is 0. The molecule has 0 atom stereocenters. The molecule has 0 saturated carbocycles. The van der Waals surface area contributed by atoms with Crippen LogP contribution in [-0.2, 0) is 0 Å². The molecule has 4 heteroatoms. The first-order valence-electron chi connectivity index (χ1n) is 21.0. The standard InChI is InChI=1S/C58H35NOS2/c1-2-13-39-35-53-50(34-38(39)12-1)56-47(19-11-23-52(56)60-53)44-14-3-6-22-51(44)59(40-30-26-36(27-31-40)42-17-9-20-48-45-15-4-7-24-54(45)61-57(42)48)41-32-28-37(29-33-41)43-18-10-21-49-46-16-5-8-25-55(46)62-58(43)49/h1-35H. The zero-order chi connectivity index (χ0) is 40.7. The van der Waals surface area contributed by atoms with E-state index in [4.69, 9.17) is 4.42 Å². The molecule has 0 aliphatic rings. The van der Waals surface area contributed by atoms with E-state index in [0.717, 1.165) is 50.1 Å². The third kappa shape index (κ3) is 5.54. The molecule has 0 unspecified atom stereocenters. The Hall–Kier alpha value is -7.50. The monoisotopic (exact) mass is 825 g/mol. The molecule has 0 N–H and O–H groups in total. The van der Waals surface area contributed by atoms with Gasteiger partial charge in [-0.15, -0.1) is 22.7 Å². The molecular weight excluding hydrogens is 791 g/mol. The van der Waals surface area contributed by atoms with Crippen LogP contribution in [0, 0.1) is 0 Å². The Balaban J connectivity index is 0.985. The van der Waals surface area contributed by atoms with Crippen LogP contribution in [0.5, 0.6) is 0 Å². The Bertz CT molecular complexity index is 3710. The Kier molecular flexibility index (Phi) is 7.99. The van der Waals surface area contributed by atoms with E-state index in [1.807, 2.05) is 22.7 Å². The lowest BCUT2D eigenvalue weighted by Crippen LogP contribution is -2.11. The van der Waals surface area contributed by atoms with Gasteiger partial charge in [-0.2, -0.15) is 0 Å². The van der Waals surface area contributed by atoms with Crippen LogP contribution in [0.25, 0.3) is 106 Å². The van der Waals surface area contributed by atoms with Gasteiger partial charge in [0.2, 0.25) is 0 Å². The topological polar surface area (TPSA) is 16.4 Å². The molecule has 3 heterocycles. The lowest BCUT2D eigenvalue weighted by Gasteiger charge is -2.28. The molecule has 0 aliphatic heterocycles. The number of hydrogen-bond donors (Lipinski definition) is 0. The van der Waals surface area contributed by atoms with Crippen LogP contribution in [-0.4, -0.2) is 0 Å². The molecule has 13 aromatic rings. The summed E-state index contributed by atoms with van der Waals surface area (Å²) in [5, 5.41) is 9.86. The van der Waals surface area contributed by atoms with Crippen LogP contribution in [0.4, 0.5) is 17.1 Å². The molecule has 62 heavy (non-hydrogen) atoms. The molecule has 0 amide bonds. The van der Waals surface area contributed by atoms with Crippen molar-refractivity contribution >= 4 is 113 Å². The van der Waals surface area contributed by atoms with Crippen LogP contribution in [0.1, 0.15) is 0 Å². The number of benzene rings is 10. The second-order valence-electron chi connectivity index (χ2n) is 16.0. The van der Waals surface area contributed by atoms with Crippen LogP contribution >= 0.6 is 22.7 Å². The largest absolute Gasteiger partial charge is 0.456 e. The van der Waals surface area contributed by atoms with E-state index in [1.165, 1.54) is 73.4 Å². The summed E-state index contributed by atoms with van der Waals surface area (Å²) < 4.78 is 11.9. The van der Waals surface area contributed by atoms with Crippen molar-refractivity contribution in [2.75, 3.05) is 4.90 Å². The summed E-state index contributed by atoms with van der Waals surface area (Å²) in [6, 6.07) is 77.4. The number of furan rings is 1. The van der Waals surface area contributed by atoms with Gasteiger partial charge in [0.25, 0.3) is 0 Å². The van der Waals surface area contributed by atoms with Gasteiger partial charge >= 0.3 is 0 Å². The number of anilines is 3. The molecule has 0 aliphatic carbocycles. The highest BCUT2D eigenvalue weighted by atomic mass is 32.1. The van der Waals surface area contributed by atoms with Gasteiger partial charge < -0.3 is 9.32 Å². The second-order valence-corrected chi connectivity index (χ2v) is 18.1. The van der Waals surface area contributed by atoms with Crippen molar-refractivity contribution in [3.63, 3.8) is 0 Å². The van der Waals surface area contributed by atoms with Gasteiger partial charge in [-0.25, -0.2) is 0 Å². The summed E-state index contributed by atoms with van der Waals surface area (Å²) in [5.74, 6) is 0. The molecule has 2 nitrogen and oxygen atoms in total. The van der Waals surface area contributed by atoms with Crippen molar-refractivity contribution in [3.05, 3.63) is 212 Å². The van der Waals surface area contributed by atoms with Crippen molar-refractivity contribution in [1.82, 2.24) is 0 Å². The van der Waals surface area contributed by atoms with Gasteiger partial charge in [0, 0.05) is 68.1 Å². The quantitative estimate of drug-likeness (QED) is 0.166. The molecule has 290 valence electrons. The average Bonchev–Trinajstić information content (AvgIpc) is 4.03. The fraction of sp³-hybridized carbons (Fsp3) is 0. The van der Waals surface area contributed by atoms with Crippen LogP contribution in [0.3, 0.4) is 0 Å². The van der Waals surface area contributed by atoms with Gasteiger partial charge in [-0.3, -0.25) is 0 Å². The van der Waals surface area contributed by atoms with Gasteiger partial charge in [-0.05, 0) is 99.3 Å². The highest BCUT2D eigenvalue weighted by molar-refractivity contribution is 7.26. The Labute approximate surface area is 365 Å². The van der Waals surface area contributed by atoms with Crippen LogP contribution < -0.4 is 4.90 Å². The van der Waals surface area contributed by atoms with Crippen LogP contribution in [0.2, 0.25) is 0 Å². The molecule has 10 aromatic carbocycles. The maximum absolute atomic E-state index is 6.59. The van der Waals surface area contributed by atoms with Crippen molar-refractivity contribution in [1.29, 1.82) is 0 Å². The van der Waals surface area contributed by atoms with Gasteiger partial charge in [0.05, 0.1) is 5.69 Å². The van der Waals surface area contributed by atoms with E-state index in [2.05, 4.69) is 217 Å². The number of nitrogens with zero attached hydrogens (tertiary/aromatic N) is 1. The summed E-state index contributed by atoms with van der Waals surface area (Å²) in [6.45, 7) is 0. The van der Waals surface area contributed by atoms with E-state index >= 15 is 0 Å². The second kappa shape index (κ2) is 14.0. The molecule has 0 bridgehead atoms. The molecule has 0 radical (unpaired) electrons. The first kappa shape index (κ1) is 35.3. The summed E-state index contributed by atoms with van der Waals surface area (Å²) in [5.41, 5.74) is 12.2. The lowest BCUT2D eigenvalue weighted by molar-refractivity contribution is 0.669. The van der Waals surface area contributed by atoms with Gasteiger partial charge in [0.1, 0.15) is 11.2 Å². The van der Waals surface area contributed by atoms with Gasteiger partial charge in [0.15, 0.2) is 0 Å². The van der Waals surface area contributed by atoms with Gasteiger partial charge in [-0.1, -0.05) is 152 Å². The minimum absolute atomic E-state index is 0.883. The minimum atomic E-state index is 0.883. The predicted octanol–water partition coefficient (Wildman–Crippen LogP) is 17.9. The molecule has 0 spiro atoms. The van der Waals surface area contributed by atoms with Crippen molar-refractivity contribution in [2.45, 2.75) is 0 Å². The SMILES string of the molecule is c1ccc(N(c2ccc(-c3cccc4c3sc3ccccc34)cc2)c2ccc(-c3cccc4c3sc3ccccc34)cc2)c(-c2cccc3oc4cc5ccccc5cc4c23)c1. The molecular formula is C58H35NOS2. The number of fused-ring (bicyclic) bond motifs is 10. The number of hydrogen-bond acceptors (Lipinski definition) is 4. The lowest BCUT2D eigenvalue weighted by atomic mass is 9.96. The summed E-state index contributed by atoms with van der Waals surface area (Å²) in [6.07, 6.45) is 0. The van der Waals surface area contributed by atoms with E-state index in [1.54, 1.807) is 0 Å².